The van der Waals surface area contributed by atoms with Crippen LogP contribution in [0.1, 0.15) is 0 Å². The van der Waals surface area contributed by atoms with Crippen LogP contribution >= 0.6 is 45.3 Å². The number of furan rings is 2. The molecule has 14 heteroatoms. The Labute approximate surface area is 551 Å². The number of benzene rings is 12. The van der Waals surface area contributed by atoms with Gasteiger partial charge in [-0.15, -0.1) is 45.3 Å². The van der Waals surface area contributed by atoms with E-state index >= 15 is 0 Å². The number of thiazole rings is 2. The number of hydrogen-bond donors (Lipinski definition) is 0. The van der Waals surface area contributed by atoms with E-state index in [0.29, 0.717) is 34.9 Å². The minimum Gasteiger partial charge on any atom is -0.456 e. The monoisotopic (exact) mass is 1280 g/mol. The van der Waals surface area contributed by atoms with Crippen molar-refractivity contribution in [3.8, 4) is 89.5 Å². The Balaban J connectivity index is 0.000000133. The largest absolute Gasteiger partial charge is 0.456 e. The first-order valence-electron chi connectivity index (χ1n) is 30.6. The lowest BCUT2D eigenvalue weighted by atomic mass is 10.0. The van der Waals surface area contributed by atoms with Crippen LogP contribution in [0.5, 0.6) is 0 Å². The molecule has 0 unspecified atom stereocenters. The predicted octanol–water partition coefficient (Wildman–Crippen LogP) is 22.8. The van der Waals surface area contributed by atoms with Gasteiger partial charge in [-0.2, -0.15) is 0 Å². The maximum absolute atomic E-state index is 6.23. The van der Waals surface area contributed by atoms with Gasteiger partial charge in [-0.3, -0.25) is 0 Å². The standard InChI is InChI=1S/2C40H22N4OS2/c1-2-11-23(12-3-1)37-42-38(26-15-9-20-31-34(26)24-13-4-6-19-30(24)45-31)44-39(43-37)27-16-10-22-33-35(27)25-14-8-17-28(36(25)46-33)40-41-29-18-5-7-21-32(29)47-40;1-2-10-23(11-3-1)37-42-38(24-20-21-32-29(22-24)25-12-4-6-17-31(25)45-32)44-39(43-37)27-14-9-19-34-35(27)26-13-8-15-28(36(26)46-34)40-41-30-16-5-7-18-33(30)47-40/h2*1-22H. The third-order valence-electron chi connectivity index (χ3n) is 17.2. The van der Waals surface area contributed by atoms with Crippen molar-refractivity contribution < 1.29 is 8.83 Å². The average molecular weight is 1280 g/mol. The Morgan fingerprint density at radius 3 is 1.17 bits per heavy atom. The summed E-state index contributed by atoms with van der Waals surface area (Å²) in [6.45, 7) is 0. The predicted molar refractivity (Wildman–Crippen MR) is 390 cm³/mol. The van der Waals surface area contributed by atoms with Gasteiger partial charge in [0.15, 0.2) is 34.9 Å². The summed E-state index contributed by atoms with van der Waals surface area (Å²) in [6.07, 6.45) is 0. The van der Waals surface area contributed by atoms with Crippen molar-refractivity contribution in [2.24, 2.45) is 0 Å². The first kappa shape index (κ1) is 54.2. The first-order chi connectivity index (χ1) is 46.5. The van der Waals surface area contributed by atoms with Gasteiger partial charge in [-0.1, -0.05) is 194 Å². The third kappa shape index (κ3) is 9.17. The highest BCUT2D eigenvalue weighted by Gasteiger charge is 2.24. The van der Waals surface area contributed by atoms with Crippen LogP contribution in [0.3, 0.4) is 0 Å². The fraction of sp³-hybridized carbons (Fsp3) is 0. The average Bonchev–Trinajstić information content (AvgIpc) is 1.56. The summed E-state index contributed by atoms with van der Waals surface area (Å²) in [7, 11) is 0. The number of hydrogen-bond acceptors (Lipinski definition) is 14. The molecule has 8 aromatic heterocycles. The Kier molecular flexibility index (Phi) is 12.8. The molecule has 20 rings (SSSR count). The highest BCUT2D eigenvalue weighted by Crippen LogP contribution is 2.48. The Morgan fingerprint density at radius 2 is 0.606 bits per heavy atom. The molecule has 0 saturated heterocycles. The molecule has 0 aliphatic heterocycles. The smallest absolute Gasteiger partial charge is 0.164 e. The Hall–Kier alpha value is -11.5. The summed E-state index contributed by atoms with van der Waals surface area (Å²) in [5.74, 6) is 3.76. The molecule has 10 nitrogen and oxygen atoms in total. The van der Waals surface area contributed by atoms with Gasteiger partial charge in [0, 0.05) is 106 Å². The SMILES string of the molecule is c1ccc(-c2nc(-c3ccc4oc5ccccc5c4c3)nc(-c3cccc4sc5c(-c6nc7ccccc7s6)cccc5c34)n2)cc1.c1ccc(-c2nc(-c3cccc4oc5ccccc5c34)nc(-c3cccc4sc5c(-c6nc7ccccc7s6)cccc5c34)n2)cc1. The second-order valence-corrected chi connectivity index (χ2v) is 27.0. The van der Waals surface area contributed by atoms with Crippen molar-refractivity contribution >= 4 is 150 Å². The summed E-state index contributed by atoms with van der Waals surface area (Å²) in [5.41, 5.74) is 13.3. The van der Waals surface area contributed by atoms with Crippen molar-refractivity contribution in [2.45, 2.75) is 0 Å². The second kappa shape index (κ2) is 22.1. The maximum atomic E-state index is 6.23. The Morgan fingerprint density at radius 1 is 0.223 bits per heavy atom. The summed E-state index contributed by atoms with van der Waals surface area (Å²) in [4.78, 5) is 40.7. The highest BCUT2D eigenvalue weighted by molar-refractivity contribution is 7.28. The van der Waals surface area contributed by atoms with Gasteiger partial charge < -0.3 is 8.83 Å². The Bertz CT molecular complexity index is 6340. The zero-order valence-corrected chi connectivity index (χ0v) is 52.7. The van der Waals surface area contributed by atoms with Gasteiger partial charge in [0.1, 0.15) is 32.3 Å². The van der Waals surface area contributed by atoms with E-state index in [1.165, 1.54) is 39.0 Å². The van der Waals surface area contributed by atoms with E-state index in [1.54, 1.807) is 45.3 Å². The zero-order valence-electron chi connectivity index (χ0n) is 49.4. The topological polar surface area (TPSA) is 129 Å². The van der Waals surface area contributed by atoms with Gasteiger partial charge in [-0.05, 0) is 72.8 Å². The summed E-state index contributed by atoms with van der Waals surface area (Å²) >= 11 is 7.05. The van der Waals surface area contributed by atoms with Crippen LogP contribution in [0, 0.1) is 0 Å². The van der Waals surface area contributed by atoms with Gasteiger partial charge in [0.2, 0.25) is 0 Å². The van der Waals surface area contributed by atoms with Crippen LogP contribution in [-0.2, 0) is 0 Å². The molecule has 440 valence electrons. The number of para-hydroxylation sites is 4. The van der Waals surface area contributed by atoms with Crippen LogP contribution < -0.4 is 0 Å². The molecule has 0 N–H and O–H groups in total. The highest BCUT2D eigenvalue weighted by atomic mass is 32.1. The van der Waals surface area contributed by atoms with E-state index in [-0.39, 0.29) is 0 Å². The first-order valence-corrected chi connectivity index (χ1v) is 33.9. The molecule has 8 heterocycles. The minimum atomic E-state index is 0.609. The van der Waals surface area contributed by atoms with Crippen LogP contribution in [-0.4, -0.2) is 39.9 Å². The summed E-state index contributed by atoms with van der Waals surface area (Å²) < 4.78 is 19.5. The normalized spacial score (nSPS) is 11.8. The number of fused-ring (bicyclic) bond motifs is 14. The van der Waals surface area contributed by atoms with Crippen molar-refractivity contribution in [2.75, 3.05) is 0 Å². The molecule has 0 spiro atoms. The van der Waals surface area contributed by atoms with Crippen molar-refractivity contribution in [1.82, 2.24) is 39.9 Å². The lowest BCUT2D eigenvalue weighted by molar-refractivity contribution is 0.668. The van der Waals surface area contributed by atoms with Crippen LogP contribution in [0.15, 0.2) is 276 Å². The molecular formula is C80H44N8O2S4. The molecule has 0 aliphatic rings. The molecule has 0 fully saturated rings. The van der Waals surface area contributed by atoms with E-state index in [9.17, 15) is 0 Å². The van der Waals surface area contributed by atoms with E-state index < -0.39 is 0 Å². The quantitative estimate of drug-likeness (QED) is 0.145. The van der Waals surface area contributed by atoms with E-state index in [2.05, 4.69) is 133 Å². The molecule has 0 aliphatic carbocycles. The lowest BCUT2D eigenvalue weighted by Crippen LogP contribution is -2.00. The molecule has 94 heavy (non-hydrogen) atoms. The molecule has 0 radical (unpaired) electrons. The van der Waals surface area contributed by atoms with E-state index in [0.717, 1.165) is 120 Å². The fourth-order valence-electron chi connectivity index (χ4n) is 12.9. The molecule has 20 aromatic rings. The molecule has 0 saturated carbocycles. The third-order valence-corrected chi connectivity index (χ3v) is 21.7. The second-order valence-electron chi connectivity index (χ2n) is 22.8. The molecule has 0 atom stereocenters. The van der Waals surface area contributed by atoms with Gasteiger partial charge in [0.25, 0.3) is 0 Å². The van der Waals surface area contributed by atoms with E-state index in [1.807, 2.05) is 133 Å². The van der Waals surface area contributed by atoms with Gasteiger partial charge >= 0.3 is 0 Å². The molecule has 0 bridgehead atoms. The van der Waals surface area contributed by atoms with Crippen molar-refractivity contribution in [3.05, 3.63) is 267 Å². The number of aromatic nitrogens is 8. The fourth-order valence-corrected chi connectivity index (χ4v) is 17.5. The van der Waals surface area contributed by atoms with Crippen molar-refractivity contribution in [3.63, 3.8) is 0 Å². The summed E-state index contributed by atoms with van der Waals surface area (Å²) in [6, 6.07) is 91.2. The maximum Gasteiger partial charge on any atom is 0.164 e. The van der Waals surface area contributed by atoms with Crippen LogP contribution in [0.4, 0.5) is 0 Å². The molecular weight excluding hydrogens is 1230 g/mol. The number of nitrogens with zero attached hydrogens (tertiary/aromatic N) is 8. The van der Waals surface area contributed by atoms with E-state index in [4.69, 9.17) is 48.7 Å². The van der Waals surface area contributed by atoms with Crippen LogP contribution in [0.2, 0.25) is 0 Å². The molecule has 0 amide bonds. The minimum absolute atomic E-state index is 0.609. The summed E-state index contributed by atoms with van der Waals surface area (Å²) in [5, 5.41) is 10.8. The lowest BCUT2D eigenvalue weighted by Gasteiger charge is -2.10. The van der Waals surface area contributed by atoms with Gasteiger partial charge in [-0.25, -0.2) is 39.9 Å². The molecule has 12 aromatic carbocycles. The zero-order chi connectivity index (χ0) is 61.8. The number of rotatable bonds is 8. The van der Waals surface area contributed by atoms with Gasteiger partial charge in [0.05, 0.1) is 20.4 Å². The number of thiophene rings is 2. The van der Waals surface area contributed by atoms with Crippen LogP contribution in [0.25, 0.3) is 194 Å². The van der Waals surface area contributed by atoms with Crippen molar-refractivity contribution in [1.29, 1.82) is 0 Å².